The second-order valence-corrected chi connectivity index (χ2v) is 7.25. The Morgan fingerprint density at radius 1 is 1.25 bits per heavy atom. The molecule has 2 aromatic rings. The molecule has 0 saturated heterocycles. The fourth-order valence-electron chi connectivity index (χ4n) is 2.01. The fraction of sp³-hybridized carbons (Fsp3) is 0.188. The fourth-order valence-corrected chi connectivity index (χ4v) is 2.82. The van der Waals surface area contributed by atoms with Gasteiger partial charge < -0.3 is 10.1 Å². The Labute approximate surface area is 145 Å². The van der Waals surface area contributed by atoms with Crippen LogP contribution in [0.5, 0.6) is 5.75 Å². The highest BCUT2D eigenvalue weighted by atomic mass is 35.5. The van der Waals surface area contributed by atoms with Crippen molar-refractivity contribution < 1.29 is 17.9 Å². The summed E-state index contributed by atoms with van der Waals surface area (Å²) in [6, 6.07) is 9.46. The molecule has 0 heterocycles. The molecule has 0 fully saturated rings. The van der Waals surface area contributed by atoms with E-state index in [0.717, 1.165) is 5.56 Å². The first-order chi connectivity index (χ1) is 11.2. The normalized spacial score (nSPS) is 11.2. The highest BCUT2D eigenvalue weighted by molar-refractivity contribution is 7.89. The molecular formula is C16H17ClN2O4S. The van der Waals surface area contributed by atoms with E-state index in [1.807, 2.05) is 0 Å². The van der Waals surface area contributed by atoms with Crippen molar-refractivity contribution in [1.82, 2.24) is 0 Å². The summed E-state index contributed by atoms with van der Waals surface area (Å²) < 4.78 is 28.4. The third-order valence-electron chi connectivity index (χ3n) is 3.41. The van der Waals surface area contributed by atoms with Crippen LogP contribution in [0.15, 0.2) is 41.3 Å². The smallest absolute Gasteiger partial charge is 0.262 e. The Hall–Kier alpha value is -2.09. The summed E-state index contributed by atoms with van der Waals surface area (Å²) >= 11 is 5.84. The summed E-state index contributed by atoms with van der Waals surface area (Å²) in [7, 11) is -3.86. The van der Waals surface area contributed by atoms with Crippen molar-refractivity contribution in [3.8, 4) is 5.75 Å². The number of nitrogens with one attached hydrogen (secondary N) is 1. The van der Waals surface area contributed by atoms with Crippen LogP contribution in [0.3, 0.4) is 0 Å². The largest absolute Gasteiger partial charge is 0.484 e. The number of carbonyl (C=O) groups is 1. The van der Waals surface area contributed by atoms with Crippen molar-refractivity contribution in [1.29, 1.82) is 0 Å². The van der Waals surface area contributed by atoms with Crippen LogP contribution in [-0.2, 0) is 14.8 Å². The van der Waals surface area contributed by atoms with Crippen LogP contribution in [0.25, 0.3) is 0 Å². The monoisotopic (exact) mass is 368 g/mol. The zero-order valence-corrected chi connectivity index (χ0v) is 14.7. The van der Waals surface area contributed by atoms with Crippen molar-refractivity contribution in [2.75, 3.05) is 11.9 Å². The van der Waals surface area contributed by atoms with Crippen LogP contribution in [0.1, 0.15) is 11.1 Å². The van der Waals surface area contributed by atoms with Gasteiger partial charge in [0.2, 0.25) is 10.0 Å². The topological polar surface area (TPSA) is 98.5 Å². The second-order valence-electron chi connectivity index (χ2n) is 5.25. The van der Waals surface area contributed by atoms with Crippen molar-refractivity contribution in [3.05, 3.63) is 52.5 Å². The molecule has 6 nitrogen and oxygen atoms in total. The lowest BCUT2D eigenvalue weighted by atomic mass is 10.1. The molecule has 0 aromatic heterocycles. The minimum Gasteiger partial charge on any atom is -0.484 e. The molecule has 24 heavy (non-hydrogen) atoms. The maximum absolute atomic E-state index is 12.0. The number of halogens is 1. The average molecular weight is 369 g/mol. The molecule has 1 amide bonds. The Morgan fingerprint density at radius 3 is 2.58 bits per heavy atom. The van der Waals surface area contributed by atoms with Crippen LogP contribution in [0.4, 0.5) is 5.69 Å². The van der Waals surface area contributed by atoms with Gasteiger partial charge in [-0.15, -0.1) is 0 Å². The first-order valence-electron chi connectivity index (χ1n) is 6.99. The molecule has 0 radical (unpaired) electrons. The molecule has 8 heteroatoms. The van der Waals surface area contributed by atoms with E-state index >= 15 is 0 Å². The van der Waals surface area contributed by atoms with Gasteiger partial charge in [0, 0.05) is 10.7 Å². The number of aryl methyl sites for hydroxylation is 1. The van der Waals surface area contributed by atoms with E-state index in [9.17, 15) is 13.2 Å². The predicted octanol–water partition coefficient (Wildman–Crippen LogP) is 2.62. The number of hydrogen-bond donors (Lipinski definition) is 2. The Morgan fingerprint density at radius 2 is 1.96 bits per heavy atom. The summed E-state index contributed by atoms with van der Waals surface area (Å²) in [5.41, 5.74) is 1.82. The van der Waals surface area contributed by atoms with Gasteiger partial charge in [-0.2, -0.15) is 0 Å². The molecule has 3 N–H and O–H groups in total. The van der Waals surface area contributed by atoms with Crippen LogP contribution in [0, 0.1) is 13.8 Å². The van der Waals surface area contributed by atoms with Crippen molar-refractivity contribution >= 4 is 33.2 Å². The maximum atomic E-state index is 12.0. The van der Waals surface area contributed by atoms with Crippen LogP contribution < -0.4 is 15.2 Å². The predicted molar refractivity (Wildman–Crippen MR) is 92.9 cm³/mol. The minimum absolute atomic E-state index is 0.0586. The van der Waals surface area contributed by atoms with Gasteiger partial charge in [0.1, 0.15) is 5.75 Å². The summed E-state index contributed by atoms with van der Waals surface area (Å²) in [6.07, 6.45) is 0. The summed E-state index contributed by atoms with van der Waals surface area (Å²) in [6.45, 7) is 3.27. The molecule has 128 valence electrons. The number of rotatable bonds is 5. The molecule has 0 spiro atoms. The van der Waals surface area contributed by atoms with Gasteiger partial charge in [-0.1, -0.05) is 17.7 Å². The highest BCUT2D eigenvalue weighted by Crippen LogP contribution is 2.23. The number of carbonyl (C=O) groups excluding carboxylic acids is 1. The molecule has 0 aliphatic rings. The van der Waals surface area contributed by atoms with E-state index in [4.69, 9.17) is 21.5 Å². The summed E-state index contributed by atoms with van der Waals surface area (Å²) in [4.78, 5) is 12.0. The second kappa shape index (κ2) is 7.21. The zero-order chi connectivity index (χ0) is 17.9. The maximum Gasteiger partial charge on any atom is 0.262 e. The van der Waals surface area contributed by atoms with Gasteiger partial charge in [0.15, 0.2) is 6.61 Å². The van der Waals surface area contributed by atoms with E-state index in [1.54, 1.807) is 38.1 Å². The van der Waals surface area contributed by atoms with Gasteiger partial charge in [0.25, 0.3) is 5.91 Å². The van der Waals surface area contributed by atoms with E-state index in [2.05, 4.69) is 5.32 Å². The Bertz CT molecular complexity index is 882. The molecule has 0 unspecified atom stereocenters. The number of benzene rings is 2. The zero-order valence-electron chi connectivity index (χ0n) is 13.2. The quantitative estimate of drug-likeness (QED) is 0.847. The van der Waals surface area contributed by atoms with Gasteiger partial charge in [-0.05, 0) is 55.3 Å². The molecule has 2 aromatic carbocycles. The Kier molecular flexibility index (Phi) is 5.48. The SMILES string of the molecule is Cc1cc(S(N)(=O)=O)cc(NC(=O)COc2cccc(Cl)c2)c1C. The Balaban J connectivity index is 2.12. The number of amides is 1. The molecule has 2 rings (SSSR count). The van der Waals surface area contributed by atoms with Crippen LogP contribution in [0.2, 0.25) is 5.02 Å². The lowest BCUT2D eigenvalue weighted by Gasteiger charge is -2.13. The highest BCUT2D eigenvalue weighted by Gasteiger charge is 2.14. The van der Waals surface area contributed by atoms with Gasteiger partial charge in [0.05, 0.1) is 4.90 Å². The van der Waals surface area contributed by atoms with Crippen molar-refractivity contribution in [3.63, 3.8) is 0 Å². The molecule has 0 atom stereocenters. The number of ether oxygens (including phenoxy) is 1. The van der Waals surface area contributed by atoms with Crippen LogP contribution in [-0.4, -0.2) is 20.9 Å². The van der Waals surface area contributed by atoms with E-state index < -0.39 is 15.9 Å². The van der Waals surface area contributed by atoms with Gasteiger partial charge >= 0.3 is 0 Å². The molecule has 0 aliphatic heterocycles. The first-order valence-corrected chi connectivity index (χ1v) is 8.91. The molecular weight excluding hydrogens is 352 g/mol. The van der Waals surface area contributed by atoms with E-state index in [0.29, 0.717) is 22.0 Å². The third-order valence-corrected chi connectivity index (χ3v) is 4.54. The molecule has 0 aliphatic carbocycles. The lowest BCUT2D eigenvalue weighted by molar-refractivity contribution is -0.118. The van der Waals surface area contributed by atoms with Crippen molar-refractivity contribution in [2.45, 2.75) is 18.7 Å². The van der Waals surface area contributed by atoms with Gasteiger partial charge in [-0.3, -0.25) is 4.79 Å². The summed E-state index contributed by atoms with van der Waals surface area (Å²) in [5, 5.41) is 8.28. The molecule has 0 bridgehead atoms. The first kappa shape index (κ1) is 18.3. The number of hydrogen-bond acceptors (Lipinski definition) is 4. The number of primary sulfonamides is 1. The van der Waals surface area contributed by atoms with Crippen LogP contribution >= 0.6 is 11.6 Å². The minimum atomic E-state index is -3.86. The number of anilines is 1. The van der Waals surface area contributed by atoms with E-state index in [1.165, 1.54) is 12.1 Å². The summed E-state index contributed by atoms with van der Waals surface area (Å²) in [5.74, 6) is 0.0351. The standard InChI is InChI=1S/C16H17ClN2O4S/c1-10-6-14(24(18,21)22)8-15(11(10)2)19-16(20)9-23-13-5-3-4-12(17)7-13/h3-8H,9H2,1-2H3,(H,19,20)(H2,18,21,22). The van der Waals surface area contributed by atoms with E-state index in [-0.39, 0.29) is 11.5 Å². The number of sulfonamides is 1. The van der Waals surface area contributed by atoms with Gasteiger partial charge in [-0.25, -0.2) is 13.6 Å². The van der Waals surface area contributed by atoms with Crippen molar-refractivity contribution in [2.24, 2.45) is 5.14 Å². The third kappa shape index (κ3) is 4.70. The lowest BCUT2D eigenvalue weighted by Crippen LogP contribution is -2.21. The molecule has 0 saturated carbocycles. The number of nitrogens with two attached hydrogens (primary N) is 1. The average Bonchev–Trinajstić information content (AvgIpc) is 2.48.